The molecular formula is C13H14N2OS. The Kier molecular flexibility index (Phi) is 2.68. The number of Topliss-reactive ketones (excluding diaryl/α,β-unsaturated/α-hetero) is 1. The van der Waals surface area contributed by atoms with Crippen molar-refractivity contribution in [1.29, 1.82) is 0 Å². The van der Waals surface area contributed by atoms with Crippen molar-refractivity contribution in [3.8, 4) is 0 Å². The Morgan fingerprint density at radius 1 is 1.53 bits per heavy atom. The minimum Gasteiger partial charge on any atom is -0.313 e. The van der Waals surface area contributed by atoms with Crippen LogP contribution in [0.4, 0.5) is 0 Å². The van der Waals surface area contributed by atoms with E-state index in [-0.39, 0.29) is 5.78 Å². The summed E-state index contributed by atoms with van der Waals surface area (Å²) in [6.07, 6.45) is 2.54. The molecule has 0 atom stereocenters. The first-order chi connectivity index (χ1) is 8.28. The highest BCUT2D eigenvalue weighted by Gasteiger charge is 2.27. The van der Waals surface area contributed by atoms with E-state index in [1.165, 1.54) is 22.5 Å². The highest BCUT2D eigenvalue weighted by molar-refractivity contribution is 7.18. The SMILES string of the molecule is CNCC(=O)c1ccc2sc(C3CC3)nc2c1. The van der Waals surface area contributed by atoms with Gasteiger partial charge in [-0.3, -0.25) is 4.79 Å². The molecule has 4 heteroatoms. The zero-order chi connectivity index (χ0) is 11.8. The Morgan fingerprint density at radius 3 is 3.06 bits per heavy atom. The van der Waals surface area contributed by atoms with Gasteiger partial charge in [0.2, 0.25) is 0 Å². The third-order valence-corrected chi connectivity index (χ3v) is 4.19. The Bertz CT molecular complexity index is 572. The second-order valence-electron chi connectivity index (χ2n) is 4.46. The van der Waals surface area contributed by atoms with Crippen molar-refractivity contribution in [2.75, 3.05) is 13.6 Å². The van der Waals surface area contributed by atoms with Crippen molar-refractivity contribution < 1.29 is 4.79 Å². The molecule has 0 amide bonds. The quantitative estimate of drug-likeness (QED) is 0.843. The average molecular weight is 246 g/mol. The van der Waals surface area contributed by atoms with Gasteiger partial charge >= 0.3 is 0 Å². The Labute approximate surface area is 104 Å². The third-order valence-electron chi connectivity index (χ3n) is 2.99. The van der Waals surface area contributed by atoms with Crippen LogP contribution in [0.2, 0.25) is 0 Å². The summed E-state index contributed by atoms with van der Waals surface area (Å²) >= 11 is 1.76. The largest absolute Gasteiger partial charge is 0.313 e. The van der Waals surface area contributed by atoms with E-state index in [1.807, 2.05) is 18.2 Å². The molecule has 1 aliphatic rings. The van der Waals surface area contributed by atoms with Gasteiger partial charge in [0, 0.05) is 11.5 Å². The van der Waals surface area contributed by atoms with E-state index in [9.17, 15) is 4.79 Å². The lowest BCUT2D eigenvalue weighted by Gasteiger charge is -1.99. The first-order valence-electron chi connectivity index (χ1n) is 5.86. The molecule has 1 N–H and O–H groups in total. The number of benzene rings is 1. The molecule has 0 spiro atoms. The number of hydrogen-bond donors (Lipinski definition) is 1. The number of carbonyl (C=O) groups is 1. The predicted molar refractivity (Wildman–Crippen MR) is 69.9 cm³/mol. The molecule has 3 nitrogen and oxygen atoms in total. The van der Waals surface area contributed by atoms with Gasteiger partial charge < -0.3 is 5.32 Å². The summed E-state index contributed by atoms with van der Waals surface area (Å²) in [5.41, 5.74) is 1.72. The Hall–Kier alpha value is -1.26. The van der Waals surface area contributed by atoms with E-state index < -0.39 is 0 Å². The molecule has 0 saturated heterocycles. The fraction of sp³-hybridized carbons (Fsp3) is 0.385. The zero-order valence-corrected chi connectivity index (χ0v) is 10.5. The third kappa shape index (κ3) is 2.10. The maximum Gasteiger partial charge on any atom is 0.176 e. The number of likely N-dealkylation sites (N-methyl/N-ethyl adjacent to an activating group) is 1. The van der Waals surface area contributed by atoms with Crippen molar-refractivity contribution in [1.82, 2.24) is 10.3 Å². The van der Waals surface area contributed by atoms with E-state index in [4.69, 9.17) is 0 Å². The number of nitrogens with zero attached hydrogens (tertiary/aromatic N) is 1. The normalized spacial score (nSPS) is 15.4. The van der Waals surface area contributed by atoms with E-state index in [2.05, 4.69) is 10.3 Å². The molecule has 0 bridgehead atoms. The van der Waals surface area contributed by atoms with Gasteiger partial charge in [-0.25, -0.2) is 4.98 Å². The number of nitrogens with one attached hydrogen (secondary N) is 1. The lowest BCUT2D eigenvalue weighted by molar-refractivity contribution is 0.0993. The molecule has 0 unspecified atom stereocenters. The lowest BCUT2D eigenvalue weighted by Crippen LogP contribution is -2.18. The molecule has 1 aromatic heterocycles. The molecule has 17 heavy (non-hydrogen) atoms. The van der Waals surface area contributed by atoms with Gasteiger partial charge in [0.1, 0.15) is 0 Å². The number of hydrogen-bond acceptors (Lipinski definition) is 4. The summed E-state index contributed by atoms with van der Waals surface area (Å²) in [5, 5.41) is 4.11. The topological polar surface area (TPSA) is 42.0 Å². The molecule has 3 rings (SSSR count). The van der Waals surface area contributed by atoms with Crippen LogP contribution >= 0.6 is 11.3 Å². The van der Waals surface area contributed by atoms with Gasteiger partial charge in [-0.05, 0) is 38.1 Å². The fourth-order valence-corrected chi connectivity index (χ4v) is 3.00. The number of ketones is 1. The molecule has 88 valence electrons. The van der Waals surface area contributed by atoms with Gasteiger partial charge in [-0.2, -0.15) is 0 Å². The highest BCUT2D eigenvalue weighted by atomic mass is 32.1. The summed E-state index contributed by atoms with van der Waals surface area (Å²) in [6.45, 7) is 0.380. The lowest BCUT2D eigenvalue weighted by atomic mass is 10.1. The highest BCUT2D eigenvalue weighted by Crippen LogP contribution is 2.43. The first-order valence-corrected chi connectivity index (χ1v) is 6.68. The first kappa shape index (κ1) is 10.9. The Morgan fingerprint density at radius 2 is 2.35 bits per heavy atom. The number of rotatable bonds is 4. The summed E-state index contributed by atoms with van der Waals surface area (Å²) in [6, 6.07) is 5.83. The van der Waals surface area contributed by atoms with Crippen LogP contribution in [0.5, 0.6) is 0 Å². The van der Waals surface area contributed by atoms with E-state index >= 15 is 0 Å². The minimum absolute atomic E-state index is 0.121. The number of thiazole rings is 1. The average Bonchev–Trinajstić information content (AvgIpc) is 3.08. The van der Waals surface area contributed by atoms with Crippen molar-refractivity contribution in [3.05, 3.63) is 28.8 Å². The van der Waals surface area contributed by atoms with Gasteiger partial charge in [0.15, 0.2) is 5.78 Å². The van der Waals surface area contributed by atoms with Gasteiger partial charge in [0.05, 0.1) is 21.8 Å². The van der Waals surface area contributed by atoms with E-state index in [0.717, 1.165) is 11.1 Å². The van der Waals surface area contributed by atoms with Gasteiger partial charge in [0.25, 0.3) is 0 Å². The fourth-order valence-electron chi connectivity index (χ4n) is 1.89. The standard InChI is InChI=1S/C13H14N2OS/c1-14-7-11(16)9-4-5-12-10(6-9)15-13(17-12)8-2-3-8/h4-6,8,14H,2-3,7H2,1H3. The second-order valence-corrected chi connectivity index (χ2v) is 5.52. The zero-order valence-electron chi connectivity index (χ0n) is 9.69. The van der Waals surface area contributed by atoms with Gasteiger partial charge in [-0.1, -0.05) is 0 Å². The van der Waals surface area contributed by atoms with Crippen LogP contribution in [-0.2, 0) is 0 Å². The smallest absolute Gasteiger partial charge is 0.176 e. The van der Waals surface area contributed by atoms with E-state index in [1.54, 1.807) is 18.4 Å². The predicted octanol–water partition coefficient (Wildman–Crippen LogP) is 2.58. The van der Waals surface area contributed by atoms with E-state index in [0.29, 0.717) is 12.5 Å². The molecule has 0 aliphatic heterocycles. The molecule has 1 fully saturated rings. The number of fused-ring (bicyclic) bond motifs is 1. The maximum atomic E-state index is 11.8. The summed E-state index contributed by atoms with van der Waals surface area (Å²) in [5.74, 6) is 0.805. The molecule has 1 saturated carbocycles. The maximum absolute atomic E-state index is 11.8. The number of aromatic nitrogens is 1. The molecule has 2 aromatic rings. The molecular weight excluding hydrogens is 232 g/mol. The van der Waals surface area contributed by atoms with Crippen LogP contribution in [0.1, 0.15) is 34.1 Å². The van der Waals surface area contributed by atoms with Crippen LogP contribution in [0.3, 0.4) is 0 Å². The number of carbonyl (C=O) groups excluding carboxylic acids is 1. The van der Waals surface area contributed by atoms with Crippen molar-refractivity contribution in [3.63, 3.8) is 0 Å². The summed E-state index contributed by atoms with van der Waals surface area (Å²) in [7, 11) is 1.78. The van der Waals surface area contributed by atoms with Crippen LogP contribution in [0.15, 0.2) is 18.2 Å². The van der Waals surface area contributed by atoms with Crippen molar-refractivity contribution in [2.24, 2.45) is 0 Å². The van der Waals surface area contributed by atoms with Crippen molar-refractivity contribution >= 4 is 27.3 Å². The molecule has 0 radical (unpaired) electrons. The second kappa shape index (κ2) is 4.20. The molecule has 1 aliphatic carbocycles. The minimum atomic E-state index is 0.121. The Balaban J connectivity index is 1.97. The van der Waals surface area contributed by atoms with Crippen LogP contribution < -0.4 is 5.32 Å². The van der Waals surface area contributed by atoms with Crippen molar-refractivity contribution in [2.45, 2.75) is 18.8 Å². The molecule has 1 aromatic carbocycles. The van der Waals surface area contributed by atoms with Crippen LogP contribution in [-0.4, -0.2) is 24.4 Å². The van der Waals surface area contributed by atoms with Crippen LogP contribution in [0.25, 0.3) is 10.2 Å². The summed E-state index contributed by atoms with van der Waals surface area (Å²) < 4.78 is 1.19. The molecule has 1 heterocycles. The van der Waals surface area contributed by atoms with Gasteiger partial charge in [-0.15, -0.1) is 11.3 Å². The monoisotopic (exact) mass is 246 g/mol. The van der Waals surface area contributed by atoms with Crippen LogP contribution in [0, 0.1) is 0 Å². The summed E-state index contributed by atoms with van der Waals surface area (Å²) in [4.78, 5) is 16.4.